The summed E-state index contributed by atoms with van der Waals surface area (Å²) in [7, 11) is 0. The van der Waals surface area contributed by atoms with Crippen molar-refractivity contribution < 1.29 is 19.2 Å². The summed E-state index contributed by atoms with van der Waals surface area (Å²) in [4.78, 5) is 67.0. The molecular formula is C26H39Cl2N11O4. The number of piperidine rings is 1. The zero-order valence-corrected chi connectivity index (χ0v) is 25.3. The van der Waals surface area contributed by atoms with Crippen LogP contribution < -0.4 is 21.7 Å². The molecule has 3 heterocycles. The fourth-order valence-electron chi connectivity index (χ4n) is 4.81. The molecule has 1 aliphatic heterocycles. The average molecular weight is 641 g/mol. The minimum absolute atomic E-state index is 0. The SMILES string of the molecule is Cl.Cl.N=C(N)N1CCC[C@@H](CNC(=O)C[C@H](NC(=O)Cn2ccnc2)C(=O)N(CCNC(=O)c2cnccn2)C2CC2)C1. The summed E-state index contributed by atoms with van der Waals surface area (Å²) >= 11 is 0. The number of amides is 4. The van der Waals surface area contributed by atoms with Crippen molar-refractivity contribution in [2.45, 2.75) is 50.7 Å². The molecule has 2 aromatic rings. The number of aromatic nitrogens is 4. The Morgan fingerprint density at radius 1 is 1.07 bits per heavy atom. The number of rotatable bonds is 13. The minimum Gasteiger partial charge on any atom is -0.370 e. The van der Waals surface area contributed by atoms with Gasteiger partial charge in [0.2, 0.25) is 17.7 Å². The van der Waals surface area contributed by atoms with Gasteiger partial charge in [-0.25, -0.2) is 9.97 Å². The molecule has 2 aliphatic rings. The van der Waals surface area contributed by atoms with Crippen LogP contribution in [0.3, 0.4) is 0 Å². The van der Waals surface area contributed by atoms with E-state index in [1.807, 2.05) is 0 Å². The molecule has 4 rings (SSSR count). The van der Waals surface area contributed by atoms with Gasteiger partial charge in [-0.3, -0.25) is 29.6 Å². The lowest BCUT2D eigenvalue weighted by Gasteiger charge is -2.33. The number of halogens is 2. The highest BCUT2D eigenvalue weighted by atomic mass is 35.5. The smallest absolute Gasteiger partial charge is 0.271 e. The summed E-state index contributed by atoms with van der Waals surface area (Å²) in [5.74, 6) is -1.43. The lowest BCUT2D eigenvalue weighted by Crippen LogP contribution is -2.53. The number of nitrogens with two attached hydrogens (primary N) is 1. The Balaban J connectivity index is 0.00000323. The number of likely N-dealkylation sites (tertiary alicyclic amines) is 1. The van der Waals surface area contributed by atoms with Gasteiger partial charge in [-0.05, 0) is 31.6 Å². The standard InChI is InChI=1S/C26H37N11O4.2ClH/c27-26(28)36-9-1-2-18(15-36)13-33-22(38)12-20(34-23(39)16-35-10-7-30-17-35)25(41)37(19-3-4-19)11-8-32-24(40)21-14-29-5-6-31-21;;/h5-7,10,14,17-20H,1-4,8-9,11-13,15-16H2,(H3,27,28)(H,32,40)(H,33,38)(H,34,39);2*1H/t18-,20-;;/m0../s1. The van der Waals surface area contributed by atoms with Crippen molar-refractivity contribution in [2.75, 3.05) is 32.7 Å². The summed E-state index contributed by atoms with van der Waals surface area (Å²) in [5, 5.41) is 16.0. The van der Waals surface area contributed by atoms with Gasteiger partial charge in [0.1, 0.15) is 18.3 Å². The van der Waals surface area contributed by atoms with Crippen LogP contribution in [-0.2, 0) is 20.9 Å². The maximum absolute atomic E-state index is 13.7. The summed E-state index contributed by atoms with van der Waals surface area (Å²) in [6, 6.07) is -1.10. The Hall–Kier alpha value is -3.98. The highest BCUT2D eigenvalue weighted by molar-refractivity contribution is 5.93. The fourth-order valence-corrected chi connectivity index (χ4v) is 4.81. The predicted octanol–water partition coefficient (Wildman–Crippen LogP) is -0.466. The van der Waals surface area contributed by atoms with E-state index in [2.05, 4.69) is 30.9 Å². The van der Waals surface area contributed by atoms with Crippen molar-refractivity contribution in [3.8, 4) is 0 Å². The van der Waals surface area contributed by atoms with Gasteiger partial charge >= 0.3 is 0 Å². The second kappa shape index (κ2) is 17.2. The molecule has 0 unspecified atom stereocenters. The molecule has 0 bridgehead atoms. The van der Waals surface area contributed by atoms with Gasteiger partial charge in [-0.2, -0.15) is 0 Å². The van der Waals surface area contributed by atoms with Gasteiger partial charge in [0.15, 0.2) is 5.96 Å². The molecule has 2 atom stereocenters. The van der Waals surface area contributed by atoms with Crippen LogP contribution in [0.15, 0.2) is 37.3 Å². The zero-order chi connectivity index (χ0) is 29.2. The molecule has 43 heavy (non-hydrogen) atoms. The van der Waals surface area contributed by atoms with Crippen molar-refractivity contribution >= 4 is 54.4 Å². The second-order valence-corrected chi connectivity index (χ2v) is 10.3. The van der Waals surface area contributed by atoms with Crippen LogP contribution in [0.1, 0.15) is 42.6 Å². The molecule has 0 aromatic carbocycles. The third-order valence-electron chi connectivity index (χ3n) is 7.06. The van der Waals surface area contributed by atoms with E-state index in [0.29, 0.717) is 13.1 Å². The largest absolute Gasteiger partial charge is 0.370 e. The van der Waals surface area contributed by atoms with Crippen LogP contribution >= 0.6 is 24.8 Å². The normalized spacial score (nSPS) is 16.5. The van der Waals surface area contributed by atoms with Gasteiger partial charge in [0.25, 0.3) is 5.91 Å². The Morgan fingerprint density at radius 3 is 2.51 bits per heavy atom. The molecule has 17 heteroatoms. The zero-order valence-electron chi connectivity index (χ0n) is 23.7. The van der Waals surface area contributed by atoms with Gasteiger partial charge in [-0.15, -0.1) is 24.8 Å². The molecule has 0 spiro atoms. The van der Waals surface area contributed by atoms with Gasteiger partial charge < -0.3 is 36.1 Å². The molecule has 1 saturated carbocycles. The van der Waals surface area contributed by atoms with Crippen LogP contribution in [0.5, 0.6) is 0 Å². The number of nitrogens with zero attached hydrogens (tertiary/aromatic N) is 6. The summed E-state index contributed by atoms with van der Waals surface area (Å²) < 4.78 is 1.57. The maximum atomic E-state index is 13.7. The van der Waals surface area contributed by atoms with Crippen molar-refractivity contribution in [2.24, 2.45) is 11.7 Å². The first kappa shape index (κ1) is 35.2. The Kier molecular flexibility index (Phi) is 14.1. The number of guanidine groups is 1. The van der Waals surface area contributed by atoms with Crippen molar-refractivity contribution in [1.82, 2.24) is 45.3 Å². The molecule has 4 amide bonds. The molecule has 15 nitrogen and oxygen atoms in total. The van der Waals surface area contributed by atoms with E-state index in [-0.39, 0.29) is 86.3 Å². The first-order valence-electron chi connectivity index (χ1n) is 13.8. The fraction of sp³-hybridized carbons (Fsp3) is 0.538. The number of hydrogen-bond acceptors (Lipinski definition) is 8. The Labute approximate surface area is 262 Å². The summed E-state index contributed by atoms with van der Waals surface area (Å²) in [6.45, 7) is 2.02. The number of nitrogens with one attached hydrogen (secondary N) is 4. The first-order chi connectivity index (χ1) is 19.8. The number of hydrogen-bond donors (Lipinski definition) is 5. The van der Waals surface area contributed by atoms with E-state index in [1.165, 1.54) is 24.9 Å². The topological polar surface area (TPSA) is 204 Å². The number of carbonyl (C=O) groups is 4. The Bertz CT molecular complexity index is 1210. The second-order valence-electron chi connectivity index (χ2n) is 10.3. The van der Waals surface area contributed by atoms with Crippen LogP contribution in [-0.4, -0.2) is 104 Å². The quantitative estimate of drug-likeness (QED) is 0.142. The predicted molar refractivity (Wildman–Crippen MR) is 162 cm³/mol. The summed E-state index contributed by atoms with van der Waals surface area (Å²) in [6.07, 6.45) is 12.1. The molecule has 2 fully saturated rings. The monoisotopic (exact) mass is 639 g/mol. The van der Waals surface area contributed by atoms with Crippen LogP contribution in [0, 0.1) is 11.3 Å². The van der Waals surface area contributed by atoms with E-state index >= 15 is 0 Å². The van der Waals surface area contributed by atoms with Crippen molar-refractivity contribution in [3.63, 3.8) is 0 Å². The van der Waals surface area contributed by atoms with E-state index in [0.717, 1.165) is 32.2 Å². The first-order valence-corrected chi connectivity index (χ1v) is 13.8. The lowest BCUT2D eigenvalue weighted by atomic mass is 9.98. The molecule has 236 valence electrons. The number of imidazole rings is 1. The molecule has 2 aromatic heterocycles. The third-order valence-corrected chi connectivity index (χ3v) is 7.06. The highest BCUT2D eigenvalue weighted by Gasteiger charge is 2.37. The minimum atomic E-state index is -1.08. The van der Waals surface area contributed by atoms with Crippen molar-refractivity contribution in [3.05, 3.63) is 43.0 Å². The van der Waals surface area contributed by atoms with Crippen LogP contribution in [0.4, 0.5) is 0 Å². The van der Waals surface area contributed by atoms with Gasteiger partial charge in [0, 0.05) is 63.6 Å². The highest BCUT2D eigenvalue weighted by Crippen LogP contribution is 2.27. The number of carbonyl (C=O) groups excluding carboxylic acids is 4. The average Bonchev–Trinajstić information content (AvgIpc) is 3.69. The summed E-state index contributed by atoms with van der Waals surface area (Å²) in [5.41, 5.74) is 5.79. The van der Waals surface area contributed by atoms with E-state index in [1.54, 1.807) is 26.8 Å². The van der Waals surface area contributed by atoms with Gasteiger partial charge in [0.05, 0.1) is 18.9 Å². The van der Waals surface area contributed by atoms with Crippen LogP contribution in [0.2, 0.25) is 0 Å². The van der Waals surface area contributed by atoms with Crippen LogP contribution in [0.25, 0.3) is 0 Å². The third kappa shape index (κ3) is 11.0. The molecule has 6 N–H and O–H groups in total. The molecule has 1 aliphatic carbocycles. The van der Waals surface area contributed by atoms with E-state index in [9.17, 15) is 19.2 Å². The van der Waals surface area contributed by atoms with E-state index in [4.69, 9.17) is 11.1 Å². The molecule has 1 saturated heterocycles. The van der Waals surface area contributed by atoms with E-state index < -0.39 is 17.9 Å². The van der Waals surface area contributed by atoms with Gasteiger partial charge in [-0.1, -0.05) is 0 Å². The van der Waals surface area contributed by atoms with Crippen molar-refractivity contribution in [1.29, 1.82) is 5.41 Å². The molecular weight excluding hydrogens is 601 g/mol. The molecule has 0 radical (unpaired) electrons. The maximum Gasteiger partial charge on any atom is 0.271 e. The Morgan fingerprint density at radius 2 is 1.86 bits per heavy atom. The lowest BCUT2D eigenvalue weighted by molar-refractivity contribution is -0.139.